The monoisotopic (exact) mass is 543 g/mol. The Morgan fingerprint density at radius 3 is 2.34 bits per heavy atom. The number of rotatable bonds is 7. The molecule has 0 saturated heterocycles. The van der Waals surface area contributed by atoms with Crippen molar-refractivity contribution in [2.24, 2.45) is 0 Å². The van der Waals surface area contributed by atoms with Crippen LogP contribution in [0.2, 0.25) is 5.02 Å². The van der Waals surface area contributed by atoms with Crippen molar-refractivity contribution in [2.75, 3.05) is 18.4 Å². The summed E-state index contributed by atoms with van der Waals surface area (Å²) in [6.45, 7) is 11.2. The number of fused-ring (bicyclic) bond motifs is 1. The average molecular weight is 544 g/mol. The maximum Gasteiger partial charge on any atom is 0.435 e. The first-order valence-corrected chi connectivity index (χ1v) is 12.6. The van der Waals surface area contributed by atoms with Crippen LogP contribution in [0.15, 0.2) is 48.7 Å². The van der Waals surface area contributed by atoms with E-state index in [1.54, 1.807) is 84.0 Å². The smallest absolute Gasteiger partial charge is 0.435 e. The van der Waals surface area contributed by atoms with E-state index in [9.17, 15) is 14.4 Å². The van der Waals surface area contributed by atoms with E-state index in [2.05, 4.69) is 21.0 Å². The van der Waals surface area contributed by atoms with Crippen molar-refractivity contribution in [2.45, 2.75) is 58.8 Å². The largest absolute Gasteiger partial charge is 0.444 e. The zero-order valence-corrected chi connectivity index (χ0v) is 23.2. The summed E-state index contributed by atoms with van der Waals surface area (Å²) in [5, 5.41) is 14.0. The second-order valence-electron chi connectivity index (χ2n) is 10.7. The molecule has 0 spiro atoms. The highest BCUT2D eigenvalue weighted by Gasteiger charge is 2.23. The summed E-state index contributed by atoms with van der Waals surface area (Å²) in [6.07, 6.45) is 0.405. The fraction of sp³-hybridized carbons (Fsp3) is 0.407. The van der Waals surface area contributed by atoms with Gasteiger partial charge in [0.1, 0.15) is 17.2 Å². The predicted octanol–water partition coefficient (Wildman–Crippen LogP) is 5.27. The van der Waals surface area contributed by atoms with E-state index < -0.39 is 29.4 Å². The van der Waals surface area contributed by atoms with Gasteiger partial charge >= 0.3 is 12.2 Å². The maximum atomic E-state index is 13.3. The number of benzene rings is 2. The van der Waals surface area contributed by atoms with E-state index in [0.29, 0.717) is 33.7 Å². The minimum atomic E-state index is -0.755. The van der Waals surface area contributed by atoms with Crippen LogP contribution >= 0.6 is 11.6 Å². The Hall–Kier alpha value is -3.63. The molecule has 0 radical (unpaired) electrons. The lowest BCUT2D eigenvalue weighted by atomic mass is 10.1. The van der Waals surface area contributed by atoms with Crippen molar-refractivity contribution in [3.05, 3.63) is 59.2 Å². The Bertz CT molecular complexity index is 1310. The quantitative estimate of drug-likeness (QED) is 0.347. The van der Waals surface area contributed by atoms with Crippen molar-refractivity contribution >= 4 is 46.3 Å². The number of nitrogens with zero attached hydrogens (tertiary/aromatic N) is 2. The van der Waals surface area contributed by atoms with E-state index in [4.69, 9.17) is 21.1 Å². The molecule has 2 amide bonds. The molecule has 1 atom stereocenters. The molecule has 0 aliphatic heterocycles. The number of aromatic nitrogens is 2. The van der Waals surface area contributed by atoms with Crippen LogP contribution in [0.1, 0.15) is 53.1 Å². The molecule has 38 heavy (non-hydrogen) atoms. The molecule has 1 unspecified atom stereocenters. The van der Waals surface area contributed by atoms with E-state index in [-0.39, 0.29) is 12.5 Å². The number of nitrogens with one attached hydrogen (secondary N) is 3. The summed E-state index contributed by atoms with van der Waals surface area (Å²) in [6, 6.07) is 11.3. The van der Waals surface area contributed by atoms with Gasteiger partial charge in [0.05, 0.1) is 11.7 Å². The number of anilines is 1. The molecule has 3 aromatic rings. The number of carbonyl (C=O) groups is 3. The zero-order chi connectivity index (χ0) is 28.1. The summed E-state index contributed by atoms with van der Waals surface area (Å²) in [4.78, 5) is 37.7. The molecule has 204 valence electrons. The molecule has 0 fully saturated rings. The lowest BCUT2D eigenvalue weighted by molar-refractivity contribution is -0.118. The third kappa shape index (κ3) is 8.46. The number of halogens is 1. The fourth-order valence-corrected chi connectivity index (χ4v) is 3.72. The normalized spacial score (nSPS) is 12.6. The number of alkyl carbamates (subject to hydrolysis) is 1. The van der Waals surface area contributed by atoms with Crippen LogP contribution in [0.4, 0.5) is 15.3 Å². The predicted molar refractivity (Wildman–Crippen MR) is 146 cm³/mol. The van der Waals surface area contributed by atoms with Crippen molar-refractivity contribution in [3.8, 4) is 0 Å². The molecule has 1 heterocycles. The van der Waals surface area contributed by atoms with Gasteiger partial charge in [0.25, 0.3) is 0 Å². The third-order valence-electron chi connectivity index (χ3n) is 4.99. The zero-order valence-electron chi connectivity index (χ0n) is 22.4. The Morgan fingerprint density at radius 1 is 0.974 bits per heavy atom. The molecule has 11 heteroatoms. The SMILES string of the molecule is CC(C)(C)OC(=O)NCCNC(C(=O)Nc1ccc2c(cnn2C(=O)OC(C)(C)C)c1)c1cccc(Cl)c1. The van der Waals surface area contributed by atoms with Crippen LogP contribution < -0.4 is 16.0 Å². The highest BCUT2D eigenvalue weighted by atomic mass is 35.5. The van der Waals surface area contributed by atoms with Crippen LogP contribution in [0.5, 0.6) is 0 Å². The first kappa shape index (κ1) is 28.9. The fourth-order valence-electron chi connectivity index (χ4n) is 3.52. The molecule has 3 rings (SSSR count). The van der Waals surface area contributed by atoms with Crippen molar-refractivity contribution in [1.82, 2.24) is 20.4 Å². The molecular formula is C27H34ClN5O5. The minimum absolute atomic E-state index is 0.245. The lowest BCUT2D eigenvalue weighted by Crippen LogP contribution is -2.40. The summed E-state index contributed by atoms with van der Waals surface area (Å²) in [7, 11) is 0. The maximum absolute atomic E-state index is 13.3. The molecule has 0 saturated carbocycles. The average Bonchev–Trinajstić information content (AvgIpc) is 3.20. The van der Waals surface area contributed by atoms with Gasteiger partial charge in [-0.15, -0.1) is 0 Å². The van der Waals surface area contributed by atoms with E-state index in [0.717, 1.165) is 0 Å². The van der Waals surface area contributed by atoms with Crippen LogP contribution in [0, 0.1) is 0 Å². The summed E-state index contributed by atoms with van der Waals surface area (Å²) in [5.74, 6) is -0.330. The van der Waals surface area contributed by atoms with Gasteiger partial charge in [0.15, 0.2) is 0 Å². The summed E-state index contributed by atoms with van der Waals surface area (Å²) >= 11 is 6.17. The topological polar surface area (TPSA) is 124 Å². The standard InChI is InChI=1S/C27H34ClN5O5/c1-26(2,3)37-24(35)30-13-12-29-22(17-8-7-9-19(28)14-17)23(34)32-20-10-11-21-18(15-20)16-31-33(21)25(36)38-27(4,5)6/h7-11,14-16,22,29H,12-13H2,1-6H3,(H,30,35)(H,32,34). The highest BCUT2D eigenvalue weighted by molar-refractivity contribution is 6.30. The van der Waals surface area contributed by atoms with Gasteiger partial charge in [0, 0.05) is 29.2 Å². The molecule has 10 nitrogen and oxygen atoms in total. The van der Waals surface area contributed by atoms with Gasteiger partial charge in [-0.3, -0.25) is 4.79 Å². The number of amides is 2. The number of ether oxygens (including phenoxy) is 2. The Kier molecular flexibility index (Phi) is 9.01. The molecule has 0 aliphatic carbocycles. The van der Waals surface area contributed by atoms with Gasteiger partial charge in [-0.2, -0.15) is 9.78 Å². The molecule has 0 bridgehead atoms. The van der Waals surface area contributed by atoms with E-state index in [1.807, 2.05) is 0 Å². The third-order valence-corrected chi connectivity index (χ3v) is 5.22. The van der Waals surface area contributed by atoms with Crippen LogP contribution in [-0.4, -0.2) is 52.2 Å². The van der Waals surface area contributed by atoms with Gasteiger partial charge < -0.3 is 25.4 Å². The highest BCUT2D eigenvalue weighted by Crippen LogP contribution is 2.23. The van der Waals surface area contributed by atoms with Gasteiger partial charge in [-0.25, -0.2) is 9.59 Å². The van der Waals surface area contributed by atoms with Gasteiger partial charge in [-0.05, 0) is 77.4 Å². The Balaban J connectivity index is 1.71. The second-order valence-corrected chi connectivity index (χ2v) is 11.1. The van der Waals surface area contributed by atoms with Crippen LogP contribution in [0.25, 0.3) is 10.9 Å². The number of hydrogen-bond donors (Lipinski definition) is 3. The molecule has 0 aliphatic rings. The Morgan fingerprint density at radius 2 is 1.68 bits per heavy atom. The van der Waals surface area contributed by atoms with E-state index in [1.165, 1.54) is 10.9 Å². The Labute approximate surface area is 227 Å². The van der Waals surface area contributed by atoms with Crippen LogP contribution in [0.3, 0.4) is 0 Å². The van der Waals surface area contributed by atoms with E-state index >= 15 is 0 Å². The molecular weight excluding hydrogens is 510 g/mol. The summed E-state index contributed by atoms with van der Waals surface area (Å²) in [5.41, 5.74) is 0.465. The van der Waals surface area contributed by atoms with Crippen molar-refractivity contribution in [1.29, 1.82) is 0 Å². The van der Waals surface area contributed by atoms with Gasteiger partial charge in [0.2, 0.25) is 5.91 Å². The number of hydrogen-bond acceptors (Lipinski definition) is 7. The first-order valence-electron chi connectivity index (χ1n) is 12.2. The van der Waals surface area contributed by atoms with Crippen LogP contribution in [-0.2, 0) is 14.3 Å². The molecule has 2 aromatic carbocycles. The van der Waals surface area contributed by atoms with Crippen molar-refractivity contribution in [3.63, 3.8) is 0 Å². The summed E-state index contributed by atoms with van der Waals surface area (Å²) < 4.78 is 11.8. The molecule has 3 N–H and O–H groups in total. The lowest BCUT2D eigenvalue weighted by Gasteiger charge is -2.21. The van der Waals surface area contributed by atoms with Gasteiger partial charge in [-0.1, -0.05) is 23.7 Å². The molecule has 1 aromatic heterocycles. The van der Waals surface area contributed by atoms with Crippen molar-refractivity contribution < 1.29 is 23.9 Å². The first-order chi connectivity index (χ1) is 17.7. The second kappa shape index (κ2) is 11.8. The minimum Gasteiger partial charge on any atom is -0.444 e. The number of carbonyl (C=O) groups excluding carboxylic acids is 3.